The van der Waals surface area contributed by atoms with E-state index >= 15 is 0 Å². The first-order valence-corrected chi connectivity index (χ1v) is 8.36. The molecule has 1 aliphatic heterocycles. The van der Waals surface area contributed by atoms with Gasteiger partial charge in [-0.1, -0.05) is 11.6 Å². The van der Waals surface area contributed by atoms with E-state index in [1.807, 2.05) is 12.1 Å². The minimum absolute atomic E-state index is 0.190. The number of amides is 2. The number of rotatable bonds is 3. The lowest BCUT2D eigenvalue weighted by Gasteiger charge is -2.07. The number of aromatic nitrogens is 1. The highest BCUT2D eigenvalue weighted by molar-refractivity contribution is 6.35. The number of halogens is 1. The van der Waals surface area contributed by atoms with Crippen LogP contribution in [0.25, 0.3) is 11.6 Å². The van der Waals surface area contributed by atoms with E-state index < -0.39 is 0 Å². The monoisotopic (exact) mass is 363 g/mol. The lowest BCUT2D eigenvalue weighted by molar-refractivity contribution is -0.110. The van der Waals surface area contributed by atoms with E-state index in [4.69, 9.17) is 11.6 Å². The van der Waals surface area contributed by atoms with Crippen molar-refractivity contribution in [2.24, 2.45) is 0 Å². The highest BCUT2D eigenvalue weighted by atomic mass is 35.5. The summed E-state index contributed by atoms with van der Waals surface area (Å²) in [4.78, 5) is 27.8. The first-order chi connectivity index (χ1) is 12.6. The second-order valence-electron chi connectivity index (χ2n) is 5.86. The molecule has 1 aliphatic rings. The topological polar surface area (TPSA) is 74.0 Å². The van der Waals surface area contributed by atoms with Crippen LogP contribution in [-0.2, 0) is 4.79 Å². The normalized spacial score (nSPS) is 14.2. The molecule has 0 atom stereocenters. The molecule has 0 radical (unpaired) electrons. The van der Waals surface area contributed by atoms with Crippen molar-refractivity contribution < 1.29 is 9.59 Å². The molecular formula is C20H14ClN3O2. The molecule has 0 unspecified atom stereocenters. The summed E-state index contributed by atoms with van der Waals surface area (Å²) in [6, 6.07) is 15.7. The van der Waals surface area contributed by atoms with Crippen LogP contribution < -0.4 is 10.6 Å². The first-order valence-electron chi connectivity index (χ1n) is 7.98. The Hall–Kier alpha value is -3.31. The van der Waals surface area contributed by atoms with Gasteiger partial charge in [0.2, 0.25) is 0 Å². The van der Waals surface area contributed by atoms with Crippen molar-refractivity contribution in [3.05, 3.63) is 82.6 Å². The van der Waals surface area contributed by atoms with Gasteiger partial charge in [0.05, 0.1) is 5.57 Å². The van der Waals surface area contributed by atoms with Gasteiger partial charge in [0.25, 0.3) is 11.8 Å². The van der Waals surface area contributed by atoms with Crippen molar-refractivity contribution in [1.29, 1.82) is 0 Å². The molecule has 0 saturated heterocycles. The Morgan fingerprint density at radius 3 is 2.62 bits per heavy atom. The fraction of sp³-hybridized carbons (Fsp3) is 0. The molecule has 3 N–H and O–H groups in total. The summed E-state index contributed by atoms with van der Waals surface area (Å²) >= 11 is 5.86. The fourth-order valence-corrected chi connectivity index (χ4v) is 2.92. The molecule has 0 spiro atoms. The van der Waals surface area contributed by atoms with Gasteiger partial charge in [0, 0.05) is 39.4 Å². The molecule has 26 heavy (non-hydrogen) atoms. The molecule has 0 saturated carbocycles. The van der Waals surface area contributed by atoms with Crippen molar-refractivity contribution in [3.8, 4) is 0 Å². The smallest absolute Gasteiger partial charge is 0.256 e. The molecule has 3 aromatic rings. The molecule has 2 amide bonds. The minimum Gasteiger partial charge on any atom is -0.362 e. The van der Waals surface area contributed by atoms with Crippen molar-refractivity contribution in [1.82, 2.24) is 4.98 Å². The van der Waals surface area contributed by atoms with Gasteiger partial charge in [-0.05, 0) is 60.7 Å². The van der Waals surface area contributed by atoms with Gasteiger partial charge in [-0.15, -0.1) is 0 Å². The Bertz CT molecular complexity index is 1020. The predicted molar refractivity (Wildman–Crippen MR) is 103 cm³/mol. The van der Waals surface area contributed by atoms with Gasteiger partial charge >= 0.3 is 0 Å². The van der Waals surface area contributed by atoms with Crippen LogP contribution in [0.5, 0.6) is 0 Å². The Morgan fingerprint density at radius 1 is 1.08 bits per heavy atom. The average Bonchev–Trinajstić information content (AvgIpc) is 3.25. The Kier molecular flexibility index (Phi) is 4.07. The SMILES string of the molecule is O=C1Nc2ccc(C(=O)Nc3ccc(Cl)cc3)cc2/C1=C/c1ccc[nH]1. The van der Waals surface area contributed by atoms with E-state index in [1.54, 1.807) is 54.7 Å². The van der Waals surface area contributed by atoms with E-state index in [0.29, 0.717) is 33.1 Å². The number of benzene rings is 2. The third-order valence-corrected chi connectivity index (χ3v) is 4.34. The maximum Gasteiger partial charge on any atom is 0.256 e. The zero-order valence-electron chi connectivity index (χ0n) is 13.5. The summed E-state index contributed by atoms with van der Waals surface area (Å²) in [6.07, 6.45) is 3.55. The van der Waals surface area contributed by atoms with E-state index in [-0.39, 0.29) is 11.8 Å². The molecule has 1 aromatic heterocycles. The predicted octanol–water partition coefficient (Wildman–Crippen LogP) is 4.41. The number of hydrogen-bond acceptors (Lipinski definition) is 2. The summed E-state index contributed by atoms with van der Waals surface area (Å²) in [5.41, 5.74) is 3.84. The van der Waals surface area contributed by atoms with Crippen LogP contribution in [0.2, 0.25) is 5.02 Å². The zero-order chi connectivity index (χ0) is 18.1. The number of carbonyl (C=O) groups is 2. The van der Waals surface area contributed by atoms with Crippen LogP contribution in [0.3, 0.4) is 0 Å². The third kappa shape index (κ3) is 3.12. The van der Waals surface area contributed by atoms with Crippen molar-refractivity contribution in [2.45, 2.75) is 0 Å². The Labute approximate surface area is 154 Å². The van der Waals surface area contributed by atoms with Crippen molar-refractivity contribution in [2.75, 3.05) is 10.6 Å². The number of anilines is 2. The molecule has 2 heterocycles. The molecular weight excluding hydrogens is 350 g/mol. The molecule has 2 aromatic carbocycles. The largest absolute Gasteiger partial charge is 0.362 e. The molecule has 0 aliphatic carbocycles. The Balaban J connectivity index is 1.64. The van der Waals surface area contributed by atoms with Gasteiger partial charge in [-0.3, -0.25) is 9.59 Å². The highest BCUT2D eigenvalue weighted by Crippen LogP contribution is 2.33. The van der Waals surface area contributed by atoms with Crippen LogP contribution in [0.15, 0.2) is 60.8 Å². The lowest BCUT2D eigenvalue weighted by atomic mass is 10.0. The molecule has 0 bridgehead atoms. The van der Waals surface area contributed by atoms with E-state index in [1.165, 1.54) is 0 Å². The second-order valence-corrected chi connectivity index (χ2v) is 6.30. The summed E-state index contributed by atoms with van der Waals surface area (Å²) < 4.78 is 0. The first kappa shape index (κ1) is 16.2. The van der Waals surface area contributed by atoms with E-state index in [0.717, 1.165) is 5.69 Å². The standard InChI is InChI=1S/C20H14ClN3O2/c21-13-4-6-14(7-5-13)23-19(25)12-3-8-18-16(10-12)17(20(26)24-18)11-15-2-1-9-22-15/h1-11,22H,(H,23,25)(H,24,26)/b17-11-. The number of carbonyl (C=O) groups excluding carboxylic acids is 2. The van der Waals surface area contributed by atoms with E-state index in [2.05, 4.69) is 15.6 Å². The highest BCUT2D eigenvalue weighted by Gasteiger charge is 2.25. The van der Waals surface area contributed by atoms with Gasteiger partial charge in [-0.2, -0.15) is 0 Å². The molecule has 5 nitrogen and oxygen atoms in total. The van der Waals surface area contributed by atoms with E-state index in [9.17, 15) is 9.59 Å². The number of fused-ring (bicyclic) bond motifs is 1. The summed E-state index contributed by atoms with van der Waals surface area (Å²) in [6.45, 7) is 0. The lowest BCUT2D eigenvalue weighted by Crippen LogP contribution is -2.11. The quantitative estimate of drug-likeness (QED) is 0.603. The average molecular weight is 364 g/mol. The molecule has 6 heteroatoms. The van der Waals surface area contributed by atoms with Gasteiger partial charge < -0.3 is 15.6 Å². The minimum atomic E-state index is -0.256. The number of nitrogens with one attached hydrogen (secondary N) is 3. The van der Waals surface area contributed by atoms with Crippen LogP contribution >= 0.6 is 11.6 Å². The van der Waals surface area contributed by atoms with Crippen molar-refractivity contribution in [3.63, 3.8) is 0 Å². The van der Waals surface area contributed by atoms with Gasteiger partial charge in [0.1, 0.15) is 0 Å². The zero-order valence-corrected chi connectivity index (χ0v) is 14.3. The number of hydrogen-bond donors (Lipinski definition) is 3. The number of aromatic amines is 1. The van der Waals surface area contributed by atoms with Crippen LogP contribution in [0.4, 0.5) is 11.4 Å². The molecule has 0 fully saturated rings. The van der Waals surface area contributed by atoms with Gasteiger partial charge in [0.15, 0.2) is 0 Å². The van der Waals surface area contributed by atoms with Gasteiger partial charge in [-0.25, -0.2) is 0 Å². The summed E-state index contributed by atoms with van der Waals surface area (Å²) in [5.74, 6) is -0.446. The maximum absolute atomic E-state index is 12.5. The molecule has 128 valence electrons. The second kappa shape index (κ2) is 6.54. The Morgan fingerprint density at radius 2 is 1.88 bits per heavy atom. The van der Waals surface area contributed by atoms with Crippen LogP contribution in [-0.4, -0.2) is 16.8 Å². The van der Waals surface area contributed by atoms with Crippen molar-refractivity contribution >= 4 is 46.4 Å². The fourth-order valence-electron chi connectivity index (χ4n) is 2.80. The maximum atomic E-state index is 12.5. The number of H-pyrrole nitrogens is 1. The van der Waals surface area contributed by atoms with Crippen LogP contribution in [0.1, 0.15) is 21.6 Å². The third-order valence-electron chi connectivity index (χ3n) is 4.09. The van der Waals surface area contributed by atoms with Crippen LogP contribution in [0, 0.1) is 0 Å². The summed E-state index contributed by atoms with van der Waals surface area (Å²) in [5, 5.41) is 6.24. The molecule has 4 rings (SSSR count). The summed E-state index contributed by atoms with van der Waals surface area (Å²) in [7, 11) is 0.